The van der Waals surface area contributed by atoms with Gasteiger partial charge in [0.15, 0.2) is 0 Å². The lowest BCUT2D eigenvalue weighted by Gasteiger charge is -1.89. The summed E-state index contributed by atoms with van der Waals surface area (Å²) in [4.78, 5) is 0. The van der Waals surface area contributed by atoms with E-state index in [2.05, 4.69) is 0 Å². The summed E-state index contributed by atoms with van der Waals surface area (Å²) in [5, 5.41) is 7.74. The van der Waals surface area contributed by atoms with Crippen molar-refractivity contribution in [1.82, 2.24) is 0 Å². The summed E-state index contributed by atoms with van der Waals surface area (Å²) in [6.07, 6.45) is 1.52. The Hall–Kier alpha value is -0.360. The van der Waals surface area contributed by atoms with Crippen LogP contribution in [0.5, 0.6) is 0 Å². The zero-order chi connectivity index (χ0) is 5.86. The van der Waals surface area contributed by atoms with Crippen molar-refractivity contribution in [2.75, 3.05) is 6.26 Å². The summed E-state index contributed by atoms with van der Waals surface area (Å²) in [7, 11) is -0.971. The number of hydrogen-bond acceptors (Lipinski definition) is 2. The highest BCUT2D eigenvalue weighted by Crippen LogP contribution is 1.86. The van der Waals surface area contributed by atoms with Crippen LogP contribution in [0.3, 0.4) is 0 Å². The van der Waals surface area contributed by atoms with Gasteiger partial charge in [-0.1, -0.05) is 0 Å². The smallest absolute Gasteiger partial charge is 0.118 e. The van der Waals surface area contributed by atoms with E-state index in [1.807, 2.05) is 6.07 Å². The second kappa shape index (κ2) is 2.75. The molecule has 2 unspecified atom stereocenters. The van der Waals surface area contributed by atoms with Crippen LogP contribution in [0, 0.1) is 11.3 Å². The molecule has 0 radical (unpaired) electrons. The molecule has 2 atom stereocenters. The minimum absolute atomic E-state index is 0.319. The quantitative estimate of drug-likeness (QED) is 0.495. The molecule has 0 fully saturated rings. The third-order valence-electron chi connectivity index (χ3n) is 0.680. The fourth-order valence-corrected chi connectivity index (χ4v) is 0.223. The average molecular weight is 117 g/mol. The molecule has 0 saturated heterocycles. The molecule has 0 aliphatic rings. The molecule has 0 aromatic heterocycles. The monoisotopic (exact) mass is 117 g/mol. The Bertz CT molecular complexity index is 115. The van der Waals surface area contributed by atoms with E-state index < -0.39 is 10.8 Å². The van der Waals surface area contributed by atoms with Crippen molar-refractivity contribution in [3.05, 3.63) is 0 Å². The molecule has 0 aromatic carbocycles. The SMILES string of the molecule is CC(C#N)S(C)=O. The van der Waals surface area contributed by atoms with Crippen LogP contribution >= 0.6 is 0 Å². The summed E-state index contributed by atoms with van der Waals surface area (Å²) in [6.45, 7) is 1.64. The Morgan fingerprint density at radius 1 is 1.86 bits per heavy atom. The zero-order valence-corrected chi connectivity index (χ0v) is 5.16. The molecule has 3 heteroatoms. The van der Waals surface area contributed by atoms with Crippen LogP contribution < -0.4 is 0 Å². The Balaban J connectivity index is 3.63. The van der Waals surface area contributed by atoms with Crippen LogP contribution in [0.1, 0.15) is 6.92 Å². The first-order chi connectivity index (χ1) is 3.18. The third-order valence-corrected chi connectivity index (χ3v) is 1.78. The lowest BCUT2D eigenvalue weighted by atomic mass is 10.5. The van der Waals surface area contributed by atoms with Gasteiger partial charge < -0.3 is 0 Å². The van der Waals surface area contributed by atoms with Crippen LogP contribution in [0.2, 0.25) is 0 Å². The molecule has 0 aromatic rings. The normalized spacial score (nSPS) is 17.3. The summed E-state index contributed by atoms with van der Waals surface area (Å²) in [6, 6.07) is 1.86. The second-order valence-corrected chi connectivity index (χ2v) is 2.97. The first-order valence-corrected chi connectivity index (χ1v) is 3.52. The summed E-state index contributed by atoms with van der Waals surface area (Å²) in [5.41, 5.74) is 0. The molecule has 40 valence electrons. The van der Waals surface area contributed by atoms with E-state index in [-0.39, 0.29) is 5.25 Å². The first-order valence-electron chi connectivity index (χ1n) is 1.90. The number of nitrogens with zero attached hydrogens (tertiary/aromatic N) is 1. The van der Waals surface area contributed by atoms with Gasteiger partial charge in [-0.2, -0.15) is 5.26 Å². The van der Waals surface area contributed by atoms with E-state index >= 15 is 0 Å². The maximum Gasteiger partial charge on any atom is 0.118 e. The van der Waals surface area contributed by atoms with E-state index in [0.29, 0.717) is 0 Å². The molecular weight excluding hydrogens is 110 g/mol. The van der Waals surface area contributed by atoms with Crippen LogP contribution in [0.4, 0.5) is 0 Å². The van der Waals surface area contributed by atoms with Gasteiger partial charge in [-0.05, 0) is 6.92 Å². The number of hydrogen-bond donors (Lipinski definition) is 0. The van der Waals surface area contributed by atoms with Gasteiger partial charge in [0.2, 0.25) is 0 Å². The predicted molar refractivity (Wildman–Crippen MR) is 29.1 cm³/mol. The van der Waals surface area contributed by atoms with Gasteiger partial charge >= 0.3 is 0 Å². The Morgan fingerprint density at radius 3 is 2.29 bits per heavy atom. The van der Waals surface area contributed by atoms with Gasteiger partial charge in [-0.3, -0.25) is 4.21 Å². The standard InChI is InChI=1S/C4H7NOS/c1-4(3-5)7(2)6/h4H,1-2H3. The van der Waals surface area contributed by atoms with Crippen LogP contribution in [0.25, 0.3) is 0 Å². The Kier molecular flexibility index (Phi) is 2.61. The van der Waals surface area contributed by atoms with Crippen molar-refractivity contribution in [3.63, 3.8) is 0 Å². The molecular formula is C4H7NOS. The van der Waals surface area contributed by atoms with E-state index in [4.69, 9.17) is 5.26 Å². The molecule has 0 aliphatic heterocycles. The summed E-state index contributed by atoms with van der Waals surface area (Å²) in [5.74, 6) is 0. The maximum absolute atomic E-state index is 10.3. The number of nitriles is 1. The molecule has 0 amide bonds. The number of rotatable bonds is 1. The van der Waals surface area contributed by atoms with Crippen molar-refractivity contribution in [3.8, 4) is 6.07 Å². The third kappa shape index (κ3) is 2.35. The van der Waals surface area contributed by atoms with E-state index in [1.165, 1.54) is 6.26 Å². The average Bonchev–Trinajstić information content (AvgIpc) is 1.65. The van der Waals surface area contributed by atoms with Gasteiger partial charge in [-0.15, -0.1) is 0 Å². The van der Waals surface area contributed by atoms with Gasteiger partial charge in [-0.25, -0.2) is 0 Å². The van der Waals surface area contributed by atoms with Crippen LogP contribution in [-0.4, -0.2) is 15.7 Å². The highest BCUT2D eigenvalue weighted by atomic mass is 32.2. The van der Waals surface area contributed by atoms with E-state index in [9.17, 15) is 4.21 Å². The highest BCUT2D eigenvalue weighted by molar-refractivity contribution is 7.85. The molecule has 0 spiro atoms. The minimum Gasteiger partial charge on any atom is -0.259 e. The molecule has 0 aliphatic carbocycles. The fraction of sp³-hybridized carbons (Fsp3) is 0.750. The highest BCUT2D eigenvalue weighted by Gasteiger charge is 1.99. The lowest BCUT2D eigenvalue weighted by Crippen LogP contribution is -2.03. The van der Waals surface area contributed by atoms with Crippen molar-refractivity contribution in [2.24, 2.45) is 0 Å². The molecule has 0 heterocycles. The van der Waals surface area contributed by atoms with Crippen LogP contribution in [0.15, 0.2) is 0 Å². The van der Waals surface area contributed by atoms with Crippen molar-refractivity contribution in [2.45, 2.75) is 12.2 Å². The maximum atomic E-state index is 10.3. The molecule has 7 heavy (non-hydrogen) atoms. The van der Waals surface area contributed by atoms with Crippen molar-refractivity contribution < 1.29 is 4.21 Å². The summed E-state index contributed by atoms with van der Waals surface area (Å²) < 4.78 is 10.3. The van der Waals surface area contributed by atoms with Gasteiger partial charge in [0.1, 0.15) is 5.25 Å². The Labute approximate surface area is 45.6 Å². The molecule has 2 nitrogen and oxygen atoms in total. The van der Waals surface area contributed by atoms with Crippen molar-refractivity contribution in [1.29, 1.82) is 5.26 Å². The minimum atomic E-state index is -0.971. The second-order valence-electron chi connectivity index (χ2n) is 1.27. The zero-order valence-electron chi connectivity index (χ0n) is 4.34. The topological polar surface area (TPSA) is 40.9 Å². The molecule has 0 N–H and O–H groups in total. The Morgan fingerprint density at radius 2 is 2.29 bits per heavy atom. The van der Waals surface area contributed by atoms with Crippen LogP contribution in [-0.2, 0) is 10.8 Å². The molecule has 0 bridgehead atoms. The van der Waals surface area contributed by atoms with Gasteiger partial charge in [0, 0.05) is 17.1 Å². The lowest BCUT2D eigenvalue weighted by molar-refractivity contribution is 0.684. The first kappa shape index (κ1) is 6.64. The predicted octanol–water partition coefficient (Wildman–Crippen LogP) is 0.277. The molecule has 0 saturated carbocycles. The van der Waals surface area contributed by atoms with E-state index in [0.717, 1.165) is 0 Å². The van der Waals surface area contributed by atoms with Gasteiger partial charge in [0.05, 0.1) is 6.07 Å². The van der Waals surface area contributed by atoms with E-state index in [1.54, 1.807) is 6.92 Å². The fourth-order valence-electron chi connectivity index (χ4n) is 0.0742. The van der Waals surface area contributed by atoms with Gasteiger partial charge in [0.25, 0.3) is 0 Å². The molecule has 0 rings (SSSR count). The summed E-state index contributed by atoms with van der Waals surface area (Å²) >= 11 is 0. The largest absolute Gasteiger partial charge is 0.259 e. The van der Waals surface area contributed by atoms with Crippen molar-refractivity contribution >= 4 is 10.8 Å².